The highest BCUT2D eigenvalue weighted by atomic mass is 16.6. The number of likely N-dealkylation sites (tertiary alicyclic amines) is 1. The molecular formula is C23H38N2O2. The molecule has 0 N–H and O–H groups in total. The first-order valence-electron chi connectivity index (χ1n) is 10.3. The van der Waals surface area contributed by atoms with Crippen molar-refractivity contribution < 1.29 is 9.53 Å². The molecule has 0 atom stereocenters. The molecule has 4 heteroatoms. The minimum Gasteiger partial charge on any atom is -0.444 e. The number of carbonyl (C=O) groups is 1. The first kappa shape index (κ1) is 21.6. The number of nitrogens with zero attached hydrogens (tertiary/aromatic N) is 2. The van der Waals surface area contributed by atoms with Crippen LogP contribution in [-0.2, 0) is 4.74 Å². The molecule has 1 heterocycles. The first-order valence-corrected chi connectivity index (χ1v) is 10.3. The van der Waals surface area contributed by atoms with Gasteiger partial charge in [0.05, 0.1) is 0 Å². The van der Waals surface area contributed by atoms with Crippen LogP contribution in [0, 0.1) is 11.3 Å². The third kappa shape index (κ3) is 6.44. The standard InChI is InChI=1S/C23H38N2O2/c1-7-8-15-24(6)19(2)18-20-9-11-23(12-10-20)13-16-25(17-14-23)21(26)27-22(3,4)5/h7-8,15,20H,1-2,9-14,16-18H2,3-6H3. The van der Waals surface area contributed by atoms with E-state index in [2.05, 4.69) is 25.1 Å². The fourth-order valence-corrected chi connectivity index (χ4v) is 4.26. The number of hydrogen-bond acceptors (Lipinski definition) is 3. The topological polar surface area (TPSA) is 32.8 Å². The molecule has 0 aromatic carbocycles. The molecule has 0 unspecified atom stereocenters. The Morgan fingerprint density at radius 2 is 1.81 bits per heavy atom. The van der Waals surface area contributed by atoms with E-state index < -0.39 is 5.60 Å². The van der Waals surface area contributed by atoms with Crippen LogP contribution in [-0.4, -0.2) is 41.6 Å². The van der Waals surface area contributed by atoms with Crippen molar-refractivity contribution in [2.45, 2.75) is 71.3 Å². The lowest BCUT2D eigenvalue weighted by Crippen LogP contribution is -2.46. The highest BCUT2D eigenvalue weighted by Crippen LogP contribution is 2.47. The monoisotopic (exact) mass is 374 g/mol. The van der Waals surface area contributed by atoms with E-state index in [1.807, 2.05) is 37.9 Å². The van der Waals surface area contributed by atoms with Gasteiger partial charge in [0.1, 0.15) is 5.60 Å². The Hall–Kier alpha value is -1.71. The van der Waals surface area contributed by atoms with E-state index in [-0.39, 0.29) is 6.09 Å². The molecule has 152 valence electrons. The first-order chi connectivity index (χ1) is 12.6. The fraction of sp³-hybridized carbons (Fsp3) is 0.696. The summed E-state index contributed by atoms with van der Waals surface area (Å²) < 4.78 is 5.53. The molecule has 0 radical (unpaired) electrons. The smallest absolute Gasteiger partial charge is 0.410 e. The molecule has 1 saturated heterocycles. The zero-order valence-corrected chi connectivity index (χ0v) is 17.8. The summed E-state index contributed by atoms with van der Waals surface area (Å²) in [5, 5.41) is 0. The normalized spacial score (nSPS) is 20.7. The second kappa shape index (κ2) is 8.99. The van der Waals surface area contributed by atoms with E-state index >= 15 is 0 Å². The molecule has 2 aliphatic rings. The average Bonchev–Trinajstić information content (AvgIpc) is 2.61. The predicted molar refractivity (Wildman–Crippen MR) is 112 cm³/mol. The van der Waals surface area contributed by atoms with Gasteiger partial charge in [0, 0.05) is 32.0 Å². The van der Waals surface area contributed by atoms with Gasteiger partial charge in [0.2, 0.25) is 0 Å². The van der Waals surface area contributed by atoms with E-state index in [9.17, 15) is 4.79 Å². The number of amides is 1. The van der Waals surface area contributed by atoms with Crippen LogP contribution in [0.2, 0.25) is 0 Å². The number of ether oxygens (including phenoxy) is 1. The van der Waals surface area contributed by atoms with E-state index in [4.69, 9.17) is 4.74 Å². The minimum absolute atomic E-state index is 0.155. The molecule has 1 spiro atoms. The quantitative estimate of drug-likeness (QED) is 0.576. The van der Waals surface area contributed by atoms with Gasteiger partial charge in [-0.15, -0.1) is 0 Å². The Kier molecular flexibility index (Phi) is 7.19. The third-order valence-electron chi connectivity index (χ3n) is 6.11. The Labute approximate surface area is 165 Å². The molecule has 1 amide bonds. The number of hydrogen-bond donors (Lipinski definition) is 0. The Morgan fingerprint density at radius 1 is 1.22 bits per heavy atom. The molecule has 0 bridgehead atoms. The zero-order valence-electron chi connectivity index (χ0n) is 17.8. The Morgan fingerprint density at radius 3 is 2.33 bits per heavy atom. The van der Waals surface area contributed by atoms with E-state index in [0.717, 1.165) is 38.3 Å². The predicted octanol–water partition coefficient (Wildman–Crippen LogP) is 5.73. The van der Waals surface area contributed by atoms with E-state index in [0.29, 0.717) is 5.41 Å². The number of carbonyl (C=O) groups excluding carboxylic acids is 1. The summed E-state index contributed by atoms with van der Waals surface area (Å²) in [5.74, 6) is 0.728. The molecule has 4 nitrogen and oxygen atoms in total. The van der Waals surface area contributed by atoms with Crippen molar-refractivity contribution in [2.24, 2.45) is 11.3 Å². The Balaban J connectivity index is 1.77. The van der Waals surface area contributed by atoms with Crippen molar-refractivity contribution in [2.75, 3.05) is 20.1 Å². The van der Waals surface area contributed by atoms with Crippen LogP contribution < -0.4 is 0 Å². The summed E-state index contributed by atoms with van der Waals surface area (Å²) >= 11 is 0. The van der Waals surface area contributed by atoms with Gasteiger partial charge in [-0.2, -0.15) is 0 Å². The lowest BCUT2D eigenvalue weighted by molar-refractivity contribution is 0.00131. The van der Waals surface area contributed by atoms with Crippen LogP contribution in [0.3, 0.4) is 0 Å². The molecule has 1 saturated carbocycles. The van der Waals surface area contributed by atoms with Gasteiger partial charge in [0.15, 0.2) is 0 Å². The van der Waals surface area contributed by atoms with Crippen molar-refractivity contribution in [1.29, 1.82) is 0 Å². The Bertz CT molecular complexity index is 555. The number of allylic oxidation sites excluding steroid dienone is 3. The van der Waals surface area contributed by atoms with Crippen molar-refractivity contribution in [3.05, 3.63) is 37.2 Å². The van der Waals surface area contributed by atoms with Gasteiger partial charge < -0.3 is 14.5 Å². The van der Waals surface area contributed by atoms with Gasteiger partial charge in [-0.3, -0.25) is 0 Å². The maximum Gasteiger partial charge on any atom is 0.410 e. The van der Waals surface area contributed by atoms with Crippen molar-refractivity contribution >= 4 is 6.09 Å². The van der Waals surface area contributed by atoms with Gasteiger partial charge in [-0.25, -0.2) is 4.79 Å². The number of piperidine rings is 1. The van der Waals surface area contributed by atoms with E-state index in [1.165, 1.54) is 31.4 Å². The molecule has 0 aromatic rings. The van der Waals surface area contributed by atoms with Crippen molar-refractivity contribution in [3.63, 3.8) is 0 Å². The highest BCUT2D eigenvalue weighted by molar-refractivity contribution is 5.68. The second-order valence-corrected chi connectivity index (χ2v) is 9.37. The van der Waals surface area contributed by atoms with Crippen molar-refractivity contribution in [3.8, 4) is 0 Å². The molecule has 2 fully saturated rings. The maximum atomic E-state index is 12.3. The SMILES string of the molecule is C=CC=CN(C)C(=C)CC1CCC2(CC1)CCN(C(=O)OC(C)(C)C)CC2. The summed E-state index contributed by atoms with van der Waals surface area (Å²) in [6, 6.07) is 0. The fourth-order valence-electron chi connectivity index (χ4n) is 4.26. The summed E-state index contributed by atoms with van der Waals surface area (Å²) in [6.07, 6.45) is 14.0. The minimum atomic E-state index is -0.416. The molecule has 0 aromatic heterocycles. The second-order valence-electron chi connectivity index (χ2n) is 9.37. The summed E-state index contributed by atoms with van der Waals surface area (Å²) in [6.45, 7) is 15.4. The van der Waals surface area contributed by atoms with Crippen LogP contribution in [0.25, 0.3) is 0 Å². The van der Waals surface area contributed by atoms with Crippen LogP contribution in [0.4, 0.5) is 4.79 Å². The highest BCUT2D eigenvalue weighted by Gasteiger charge is 2.39. The molecular weight excluding hydrogens is 336 g/mol. The maximum absolute atomic E-state index is 12.3. The van der Waals surface area contributed by atoms with Gasteiger partial charge in [-0.05, 0) is 83.1 Å². The summed E-state index contributed by atoms with van der Waals surface area (Å²) in [4.78, 5) is 16.3. The average molecular weight is 375 g/mol. The number of rotatable bonds is 5. The lowest BCUT2D eigenvalue weighted by Gasteiger charge is -2.46. The molecule has 1 aliphatic heterocycles. The molecule has 27 heavy (non-hydrogen) atoms. The van der Waals surface area contributed by atoms with Gasteiger partial charge in [0.25, 0.3) is 0 Å². The third-order valence-corrected chi connectivity index (χ3v) is 6.11. The zero-order chi connectivity index (χ0) is 20.1. The van der Waals surface area contributed by atoms with Crippen LogP contribution in [0.1, 0.15) is 65.7 Å². The van der Waals surface area contributed by atoms with Crippen LogP contribution >= 0.6 is 0 Å². The lowest BCUT2D eigenvalue weighted by atomic mass is 9.65. The molecule has 1 aliphatic carbocycles. The summed E-state index contributed by atoms with van der Waals surface area (Å²) in [7, 11) is 2.05. The van der Waals surface area contributed by atoms with E-state index in [1.54, 1.807) is 6.08 Å². The van der Waals surface area contributed by atoms with Gasteiger partial charge in [-0.1, -0.05) is 19.2 Å². The largest absolute Gasteiger partial charge is 0.444 e. The van der Waals surface area contributed by atoms with Crippen LogP contribution in [0.15, 0.2) is 37.2 Å². The van der Waals surface area contributed by atoms with Crippen molar-refractivity contribution in [1.82, 2.24) is 9.80 Å². The molecule has 2 rings (SSSR count). The summed E-state index contributed by atoms with van der Waals surface area (Å²) in [5.41, 5.74) is 1.19. The van der Waals surface area contributed by atoms with Crippen LogP contribution in [0.5, 0.6) is 0 Å². The van der Waals surface area contributed by atoms with Gasteiger partial charge >= 0.3 is 6.09 Å².